The minimum absolute atomic E-state index is 0.216. The molecule has 2 aromatic heterocycles. The summed E-state index contributed by atoms with van der Waals surface area (Å²) in [5, 5.41) is 0. The van der Waals surface area contributed by atoms with Crippen molar-refractivity contribution in [3.05, 3.63) is 52.9 Å². The summed E-state index contributed by atoms with van der Waals surface area (Å²) < 4.78 is 29.9. The first-order chi connectivity index (χ1) is 7.62. The SMILES string of the molecule is O=c1cccc2n1-c1cccc[n+]1[B-]2(F)F. The number of hydrogen-bond donors (Lipinski definition) is 0. The Hall–Kier alpha value is -1.98. The van der Waals surface area contributed by atoms with Crippen LogP contribution in [-0.2, 0) is 0 Å². The Morgan fingerprint density at radius 2 is 1.94 bits per heavy atom. The van der Waals surface area contributed by atoms with E-state index in [0.29, 0.717) is 0 Å². The number of halogens is 2. The van der Waals surface area contributed by atoms with Crippen LogP contribution in [0.4, 0.5) is 8.63 Å². The van der Waals surface area contributed by atoms with Crippen LogP contribution in [-0.4, -0.2) is 11.4 Å². The summed E-state index contributed by atoms with van der Waals surface area (Å²) in [5.74, 6) is 0.216. The highest BCUT2D eigenvalue weighted by Gasteiger charge is 2.48. The molecule has 0 unspecified atom stereocenters. The lowest BCUT2D eigenvalue weighted by atomic mass is 9.76. The van der Waals surface area contributed by atoms with Crippen LogP contribution in [0.1, 0.15) is 0 Å². The monoisotopic (exact) mass is 220 g/mol. The summed E-state index contributed by atoms with van der Waals surface area (Å²) in [7, 11) is 0. The van der Waals surface area contributed by atoms with Crippen LogP contribution < -0.4 is 15.6 Å². The number of aromatic nitrogens is 2. The van der Waals surface area contributed by atoms with Gasteiger partial charge in [-0.1, -0.05) is 12.1 Å². The molecule has 1 aliphatic rings. The first kappa shape index (κ1) is 9.27. The average molecular weight is 220 g/mol. The van der Waals surface area contributed by atoms with Crippen LogP contribution >= 0.6 is 0 Å². The fraction of sp³-hybridized carbons (Fsp3) is 0. The van der Waals surface area contributed by atoms with Gasteiger partial charge in [0.25, 0.3) is 0 Å². The van der Waals surface area contributed by atoms with Crippen LogP contribution in [0.15, 0.2) is 47.4 Å². The Bertz CT molecular complexity index is 639. The summed E-state index contributed by atoms with van der Waals surface area (Å²) in [6, 6.07) is 8.58. The van der Waals surface area contributed by atoms with Gasteiger partial charge in [0, 0.05) is 18.3 Å². The van der Waals surface area contributed by atoms with Crippen LogP contribution in [0.25, 0.3) is 5.82 Å². The molecular formula is C10H7BF2N2O. The third kappa shape index (κ3) is 0.960. The normalized spacial score (nSPS) is 15.6. The molecule has 0 saturated carbocycles. The maximum Gasteiger partial charge on any atom is 0.587 e. The van der Waals surface area contributed by atoms with Gasteiger partial charge in [-0.05, 0) is 12.1 Å². The van der Waals surface area contributed by atoms with Gasteiger partial charge in [-0.2, -0.15) is 4.57 Å². The van der Waals surface area contributed by atoms with Crippen molar-refractivity contribution < 1.29 is 13.1 Å². The molecule has 0 radical (unpaired) electrons. The van der Waals surface area contributed by atoms with Gasteiger partial charge >= 0.3 is 12.4 Å². The van der Waals surface area contributed by atoms with Crippen molar-refractivity contribution >= 4 is 12.4 Å². The summed E-state index contributed by atoms with van der Waals surface area (Å²) in [4.78, 5) is 11.6. The van der Waals surface area contributed by atoms with Crippen LogP contribution in [0.5, 0.6) is 0 Å². The van der Waals surface area contributed by atoms with E-state index in [-0.39, 0.29) is 11.4 Å². The van der Waals surface area contributed by atoms with Crippen LogP contribution in [0, 0.1) is 0 Å². The van der Waals surface area contributed by atoms with Crippen molar-refractivity contribution in [1.82, 2.24) is 4.57 Å². The molecule has 0 aromatic carbocycles. The zero-order chi connectivity index (χ0) is 11.3. The summed E-state index contributed by atoms with van der Waals surface area (Å²) in [6.45, 7) is -3.87. The second kappa shape index (κ2) is 2.78. The van der Waals surface area contributed by atoms with Gasteiger partial charge < -0.3 is 13.1 Å². The lowest BCUT2D eigenvalue weighted by Crippen LogP contribution is -2.62. The molecule has 0 bridgehead atoms. The Balaban J connectivity index is 2.50. The van der Waals surface area contributed by atoms with Crippen molar-refractivity contribution in [2.24, 2.45) is 0 Å². The molecule has 0 saturated heterocycles. The molecule has 16 heavy (non-hydrogen) atoms. The molecule has 0 spiro atoms. The Labute approximate surface area is 89.6 Å². The number of rotatable bonds is 0. The van der Waals surface area contributed by atoms with Gasteiger partial charge in [-0.25, -0.2) is 4.79 Å². The third-order valence-electron chi connectivity index (χ3n) is 2.79. The second-order valence-electron chi connectivity index (χ2n) is 3.72. The fourth-order valence-electron chi connectivity index (χ4n) is 2.07. The Morgan fingerprint density at radius 1 is 1.12 bits per heavy atom. The summed E-state index contributed by atoms with van der Waals surface area (Å²) in [5.41, 5.74) is -0.671. The molecule has 2 aromatic rings. The molecule has 0 N–H and O–H groups in total. The van der Waals surface area contributed by atoms with Gasteiger partial charge in [0.1, 0.15) is 0 Å². The smallest absolute Gasteiger partial charge is 0.430 e. The third-order valence-corrected chi connectivity index (χ3v) is 2.79. The number of hydrogen-bond acceptors (Lipinski definition) is 1. The second-order valence-corrected chi connectivity index (χ2v) is 3.72. The summed E-state index contributed by atoms with van der Waals surface area (Å²) in [6.07, 6.45) is 1.29. The maximum absolute atomic E-state index is 14.0. The van der Waals surface area contributed by atoms with Gasteiger partial charge in [0.05, 0.1) is 5.59 Å². The highest BCUT2D eigenvalue weighted by atomic mass is 19.2. The number of nitrogens with zero attached hydrogens (tertiary/aromatic N) is 2. The van der Waals surface area contributed by atoms with Gasteiger partial charge in [-0.15, -0.1) is 0 Å². The van der Waals surface area contributed by atoms with Crippen molar-refractivity contribution in [2.75, 3.05) is 0 Å². The lowest BCUT2D eigenvalue weighted by molar-refractivity contribution is -0.551. The molecule has 3 rings (SSSR count). The molecule has 1 aliphatic heterocycles. The van der Waals surface area contributed by atoms with Crippen LogP contribution in [0.3, 0.4) is 0 Å². The maximum atomic E-state index is 14.0. The molecule has 80 valence electrons. The van der Waals surface area contributed by atoms with E-state index in [1.165, 1.54) is 36.5 Å². The highest BCUT2D eigenvalue weighted by Crippen LogP contribution is 2.13. The highest BCUT2D eigenvalue weighted by molar-refractivity contribution is 6.72. The number of fused-ring (bicyclic) bond motifs is 3. The quantitative estimate of drug-likeness (QED) is 0.577. The first-order valence-corrected chi connectivity index (χ1v) is 4.87. The zero-order valence-electron chi connectivity index (χ0n) is 8.18. The molecule has 3 nitrogen and oxygen atoms in total. The molecule has 0 fully saturated rings. The Morgan fingerprint density at radius 3 is 2.75 bits per heavy atom. The molecule has 3 heterocycles. The number of pyridine rings is 2. The largest absolute Gasteiger partial charge is 0.587 e. The molecule has 6 heteroatoms. The van der Waals surface area contributed by atoms with E-state index in [1.54, 1.807) is 6.07 Å². The van der Waals surface area contributed by atoms with E-state index in [4.69, 9.17) is 0 Å². The Kier molecular flexibility index (Phi) is 1.61. The minimum Gasteiger partial charge on any atom is -0.430 e. The predicted octanol–water partition coefficient (Wildman–Crippen LogP) is 0.0716. The minimum atomic E-state index is -3.87. The molecule has 0 aliphatic carbocycles. The predicted molar refractivity (Wildman–Crippen MR) is 55.2 cm³/mol. The van der Waals surface area contributed by atoms with Crippen molar-refractivity contribution in [2.45, 2.75) is 0 Å². The van der Waals surface area contributed by atoms with Crippen molar-refractivity contribution in [3.8, 4) is 5.82 Å². The van der Waals surface area contributed by atoms with E-state index < -0.39 is 12.4 Å². The van der Waals surface area contributed by atoms with Gasteiger partial charge in [0.2, 0.25) is 5.82 Å². The lowest BCUT2D eigenvalue weighted by Gasteiger charge is -2.12. The van der Waals surface area contributed by atoms with E-state index in [2.05, 4.69) is 0 Å². The molecular weight excluding hydrogens is 213 g/mol. The van der Waals surface area contributed by atoms with Crippen LogP contribution in [0.2, 0.25) is 0 Å². The average Bonchev–Trinajstić information content (AvgIpc) is 2.51. The van der Waals surface area contributed by atoms with E-state index in [0.717, 1.165) is 9.05 Å². The fourth-order valence-corrected chi connectivity index (χ4v) is 2.07. The standard InChI is InChI=1S/C10H7BF2N2O/c12-11(13)8-4-3-6-10(16)15(8)9-5-1-2-7-14(9)11/h1-7H. The van der Waals surface area contributed by atoms with Crippen molar-refractivity contribution in [1.29, 1.82) is 0 Å². The topological polar surface area (TPSA) is 25.9 Å². The van der Waals surface area contributed by atoms with E-state index in [9.17, 15) is 13.4 Å². The van der Waals surface area contributed by atoms with Crippen molar-refractivity contribution in [3.63, 3.8) is 0 Å². The summed E-state index contributed by atoms with van der Waals surface area (Å²) >= 11 is 0. The zero-order valence-corrected chi connectivity index (χ0v) is 8.18. The van der Waals surface area contributed by atoms with Gasteiger partial charge in [-0.3, -0.25) is 0 Å². The molecule has 0 atom stereocenters. The van der Waals surface area contributed by atoms with E-state index in [1.807, 2.05) is 0 Å². The first-order valence-electron chi connectivity index (χ1n) is 4.87. The molecule has 0 amide bonds. The van der Waals surface area contributed by atoms with E-state index >= 15 is 0 Å². The van der Waals surface area contributed by atoms with Gasteiger partial charge in [0.15, 0.2) is 0 Å².